The zero-order chi connectivity index (χ0) is 18.4. The second-order valence-corrected chi connectivity index (χ2v) is 6.18. The summed E-state index contributed by atoms with van der Waals surface area (Å²) in [5.74, 6) is 0.736. The maximum absolute atomic E-state index is 14.0. The lowest BCUT2D eigenvalue weighted by Gasteiger charge is -2.15. The van der Waals surface area contributed by atoms with Gasteiger partial charge in [-0.2, -0.15) is 9.97 Å². The molecule has 0 aliphatic carbocycles. The molecule has 4 N–H and O–H groups in total. The largest absolute Gasteiger partial charge is 0.383 e. The number of fused-ring (bicyclic) bond motifs is 1. The zero-order valence-electron chi connectivity index (χ0n) is 13.7. The van der Waals surface area contributed by atoms with Gasteiger partial charge in [0.2, 0.25) is 5.95 Å². The van der Waals surface area contributed by atoms with Crippen LogP contribution in [0, 0.1) is 12.7 Å². The number of hydrogen-bond donors (Lipinski definition) is 2. The van der Waals surface area contributed by atoms with Gasteiger partial charge >= 0.3 is 0 Å². The summed E-state index contributed by atoms with van der Waals surface area (Å²) in [6, 6.07) is 12.0. The highest BCUT2D eigenvalue weighted by molar-refractivity contribution is 6.30. The molecule has 2 aromatic carbocycles. The molecule has 130 valence electrons. The van der Waals surface area contributed by atoms with E-state index in [1.807, 2.05) is 35.8 Å². The fourth-order valence-corrected chi connectivity index (χ4v) is 3.11. The molecule has 0 aliphatic rings. The van der Waals surface area contributed by atoms with E-state index in [1.165, 1.54) is 12.1 Å². The van der Waals surface area contributed by atoms with Crippen molar-refractivity contribution in [2.75, 3.05) is 11.5 Å². The van der Waals surface area contributed by atoms with E-state index in [0.717, 1.165) is 11.0 Å². The maximum atomic E-state index is 14.0. The Labute approximate surface area is 153 Å². The van der Waals surface area contributed by atoms with Crippen molar-refractivity contribution in [2.24, 2.45) is 0 Å². The van der Waals surface area contributed by atoms with Crippen LogP contribution in [0.15, 0.2) is 42.5 Å². The molecular weight excluding hydrogens is 355 g/mol. The first-order valence-corrected chi connectivity index (χ1v) is 8.16. The average molecular weight is 369 g/mol. The highest BCUT2D eigenvalue weighted by atomic mass is 35.5. The molecule has 2 aromatic heterocycles. The van der Waals surface area contributed by atoms with E-state index in [-0.39, 0.29) is 16.8 Å². The van der Waals surface area contributed by atoms with E-state index < -0.39 is 5.82 Å². The van der Waals surface area contributed by atoms with Gasteiger partial charge in [0.15, 0.2) is 5.82 Å². The van der Waals surface area contributed by atoms with Gasteiger partial charge in [0.05, 0.1) is 21.6 Å². The summed E-state index contributed by atoms with van der Waals surface area (Å²) in [4.78, 5) is 12.9. The molecule has 26 heavy (non-hydrogen) atoms. The maximum Gasteiger partial charge on any atom is 0.224 e. The van der Waals surface area contributed by atoms with Gasteiger partial charge in [0.1, 0.15) is 17.5 Å². The van der Waals surface area contributed by atoms with Crippen molar-refractivity contribution in [3.63, 3.8) is 0 Å². The molecular formula is C18H14ClFN6. The molecule has 0 bridgehead atoms. The first-order valence-electron chi connectivity index (χ1n) is 7.78. The van der Waals surface area contributed by atoms with Gasteiger partial charge in [-0.1, -0.05) is 29.8 Å². The van der Waals surface area contributed by atoms with Crippen LogP contribution in [0.5, 0.6) is 0 Å². The molecule has 0 fully saturated rings. The number of halogens is 2. The van der Waals surface area contributed by atoms with Crippen LogP contribution < -0.4 is 11.5 Å². The van der Waals surface area contributed by atoms with Crippen LogP contribution in [0.1, 0.15) is 5.82 Å². The van der Waals surface area contributed by atoms with E-state index in [2.05, 4.69) is 15.0 Å². The number of hydrogen-bond acceptors (Lipinski definition) is 5. The predicted molar refractivity (Wildman–Crippen MR) is 101 cm³/mol. The number of nitrogens with two attached hydrogens (primary N) is 2. The third-order valence-electron chi connectivity index (χ3n) is 4.08. The normalized spacial score (nSPS) is 11.2. The number of anilines is 2. The van der Waals surface area contributed by atoms with Crippen molar-refractivity contribution >= 4 is 34.4 Å². The van der Waals surface area contributed by atoms with Crippen molar-refractivity contribution in [3.8, 4) is 16.9 Å². The number of rotatable bonds is 2. The fourth-order valence-electron chi connectivity index (χ4n) is 2.99. The first-order chi connectivity index (χ1) is 12.5. The summed E-state index contributed by atoms with van der Waals surface area (Å²) in [7, 11) is 0. The van der Waals surface area contributed by atoms with Gasteiger partial charge < -0.3 is 11.5 Å². The second-order valence-electron chi connectivity index (χ2n) is 5.78. The van der Waals surface area contributed by atoms with Crippen molar-refractivity contribution in [1.82, 2.24) is 19.5 Å². The number of aryl methyl sites for hydroxylation is 1. The number of benzene rings is 2. The minimum Gasteiger partial charge on any atom is -0.383 e. The summed E-state index contributed by atoms with van der Waals surface area (Å²) in [5.41, 5.74) is 14.5. The van der Waals surface area contributed by atoms with Crippen LogP contribution in [-0.2, 0) is 0 Å². The van der Waals surface area contributed by atoms with Gasteiger partial charge in [-0.15, -0.1) is 0 Å². The number of imidazole rings is 1. The van der Waals surface area contributed by atoms with E-state index in [0.29, 0.717) is 22.8 Å². The van der Waals surface area contributed by atoms with Crippen molar-refractivity contribution in [3.05, 3.63) is 59.1 Å². The van der Waals surface area contributed by atoms with Gasteiger partial charge in [-0.3, -0.25) is 4.57 Å². The minimum absolute atomic E-state index is 0.0212. The lowest BCUT2D eigenvalue weighted by atomic mass is 10.1. The molecule has 0 spiro atoms. The Morgan fingerprint density at radius 2 is 1.81 bits per heavy atom. The molecule has 0 aliphatic heterocycles. The van der Waals surface area contributed by atoms with Gasteiger partial charge in [0.25, 0.3) is 0 Å². The highest BCUT2D eigenvalue weighted by Gasteiger charge is 2.20. The second kappa shape index (κ2) is 5.96. The number of nitrogens with zero attached hydrogens (tertiary/aromatic N) is 4. The number of para-hydroxylation sites is 2. The van der Waals surface area contributed by atoms with Crippen molar-refractivity contribution < 1.29 is 4.39 Å². The first kappa shape index (κ1) is 16.3. The van der Waals surface area contributed by atoms with Crippen molar-refractivity contribution in [2.45, 2.75) is 6.92 Å². The molecule has 0 saturated carbocycles. The summed E-state index contributed by atoms with van der Waals surface area (Å²) >= 11 is 5.80. The monoisotopic (exact) mass is 368 g/mol. The van der Waals surface area contributed by atoms with Gasteiger partial charge in [-0.25, -0.2) is 9.37 Å². The highest BCUT2D eigenvalue weighted by Crippen LogP contribution is 2.34. The number of nitrogen functional groups attached to an aromatic ring is 2. The molecule has 0 unspecified atom stereocenters. The molecule has 4 aromatic rings. The van der Waals surface area contributed by atoms with Gasteiger partial charge in [-0.05, 0) is 36.8 Å². The van der Waals surface area contributed by atoms with E-state index >= 15 is 0 Å². The third-order valence-corrected chi connectivity index (χ3v) is 4.39. The molecule has 8 heteroatoms. The average Bonchev–Trinajstić information content (AvgIpc) is 2.92. The van der Waals surface area contributed by atoms with Crippen LogP contribution >= 0.6 is 11.6 Å². The van der Waals surface area contributed by atoms with Crippen LogP contribution in [-0.4, -0.2) is 19.5 Å². The Balaban J connectivity index is 2.08. The van der Waals surface area contributed by atoms with Crippen LogP contribution in [0.4, 0.5) is 16.2 Å². The summed E-state index contributed by atoms with van der Waals surface area (Å²) in [6.07, 6.45) is 0. The van der Waals surface area contributed by atoms with Crippen LogP contribution in [0.2, 0.25) is 5.02 Å². The molecule has 0 saturated heterocycles. The topological polar surface area (TPSA) is 95.6 Å². The summed E-state index contributed by atoms with van der Waals surface area (Å²) in [6.45, 7) is 1.85. The third kappa shape index (κ3) is 2.53. The van der Waals surface area contributed by atoms with Crippen molar-refractivity contribution in [1.29, 1.82) is 0 Å². The smallest absolute Gasteiger partial charge is 0.224 e. The quantitative estimate of drug-likeness (QED) is 0.561. The lowest BCUT2D eigenvalue weighted by molar-refractivity contribution is 0.629. The van der Waals surface area contributed by atoms with Crippen LogP contribution in [0.3, 0.4) is 0 Å². The SMILES string of the molecule is Cc1nc2ccccc2n1-c1nc(N)nc(N)c1-c1ccc(Cl)c(F)c1. The molecule has 0 radical (unpaired) electrons. The van der Waals surface area contributed by atoms with E-state index in [9.17, 15) is 4.39 Å². The Morgan fingerprint density at radius 3 is 2.58 bits per heavy atom. The Hall–Kier alpha value is -3.19. The van der Waals surface area contributed by atoms with Crippen LogP contribution in [0.25, 0.3) is 28.0 Å². The minimum atomic E-state index is -0.557. The van der Waals surface area contributed by atoms with E-state index in [4.69, 9.17) is 23.1 Å². The molecule has 0 atom stereocenters. The predicted octanol–water partition coefficient (Wildman–Crippen LogP) is 3.75. The molecule has 4 rings (SSSR count). The molecule has 6 nitrogen and oxygen atoms in total. The number of aromatic nitrogens is 4. The molecule has 0 amide bonds. The Kier molecular flexibility index (Phi) is 3.73. The fraction of sp³-hybridized carbons (Fsp3) is 0.0556. The standard InChI is InChI=1S/C18H14ClFN6/c1-9-23-13-4-2-3-5-14(13)26(9)17-15(16(21)24-18(22)25-17)10-6-7-11(19)12(20)8-10/h2-8H,1H3,(H4,21,22,24,25). The Morgan fingerprint density at radius 1 is 1.04 bits per heavy atom. The summed E-state index contributed by atoms with van der Waals surface area (Å²) < 4.78 is 15.8. The lowest BCUT2D eigenvalue weighted by Crippen LogP contribution is -2.10. The zero-order valence-corrected chi connectivity index (χ0v) is 14.5. The van der Waals surface area contributed by atoms with E-state index in [1.54, 1.807) is 6.07 Å². The van der Waals surface area contributed by atoms with Gasteiger partial charge in [0, 0.05) is 0 Å². The molecule has 2 heterocycles. The summed E-state index contributed by atoms with van der Waals surface area (Å²) in [5, 5.41) is 0.0227. The Bertz CT molecular complexity index is 1150.